The lowest BCUT2D eigenvalue weighted by atomic mass is 10.2. The Morgan fingerprint density at radius 1 is 1.31 bits per heavy atom. The van der Waals surface area contributed by atoms with E-state index in [0.717, 1.165) is 29.0 Å². The number of ether oxygens (including phenoxy) is 1. The quantitative estimate of drug-likeness (QED) is 0.764. The fourth-order valence-corrected chi connectivity index (χ4v) is 2.79. The van der Waals surface area contributed by atoms with Crippen LogP contribution < -0.4 is 10.1 Å². The highest BCUT2D eigenvalue weighted by Crippen LogP contribution is 2.36. The number of anilines is 1. The zero-order valence-electron chi connectivity index (χ0n) is 13.7. The lowest BCUT2D eigenvalue weighted by Crippen LogP contribution is -2.41. The van der Waals surface area contributed by atoms with Gasteiger partial charge in [0, 0.05) is 17.9 Å². The van der Waals surface area contributed by atoms with Gasteiger partial charge in [0.05, 0.1) is 0 Å². The number of halogens is 6. The van der Waals surface area contributed by atoms with Gasteiger partial charge in [0.1, 0.15) is 11.5 Å². The predicted octanol–water partition coefficient (Wildman–Crippen LogP) is 4.22. The van der Waals surface area contributed by atoms with Gasteiger partial charge in [-0.25, -0.2) is 4.68 Å². The van der Waals surface area contributed by atoms with Crippen molar-refractivity contribution in [3.05, 3.63) is 21.6 Å². The maximum Gasteiger partial charge on any atom is 0.456 e. The number of carbonyl (C=O) groups is 1. The molecular weight excluding hydrogens is 388 g/mol. The van der Waals surface area contributed by atoms with Crippen LogP contribution in [-0.2, 0) is 4.79 Å². The summed E-state index contributed by atoms with van der Waals surface area (Å²) in [6.45, 7) is 2.34. The molecule has 2 aromatic heterocycles. The molecule has 0 radical (unpaired) electrons. The normalized spacial score (nSPS) is 12.3. The van der Waals surface area contributed by atoms with Crippen molar-refractivity contribution in [2.45, 2.75) is 32.9 Å². The summed E-state index contributed by atoms with van der Waals surface area (Å²) in [6.07, 6.45) is -5.79. The monoisotopic (exact) mass is 401 g/mol. The largest absolute Gasteiger partial charge is 0.470 e. The first-order chi connectivity index (χ1) is 11.8. The third-order valence-electron chi connectivity index (χ3n) is 3.33. The van der Waals surface area contributed by atoms with Crippen LogP contribution in [0, 0.1) is 19.0 Å². The minimum Gasteiger partial charge on any atom is -0.470 e. The van der Waals surface area contributed by atoms with E-state index in [-0.39, 0.29) is 11.5 Å². The molecule has 0 unspecified atom stereocenters. The van der Waals surface area contributed by atoms with Crippen molar-refractivity contribution in [1.82, 2.24) is 9.78 Å². The second-order valence-corrected chi connectivity index (χ2v) is 6.53. The third-order valence-corrected chi connectivity index (χ3v) is 4.32. The van der Waals surface area contributed by atoms with Crippen molar-refractivity contribution in [2.75, 3.05) is 11.9 Å². The van der Waals surface area contributed by atoms with E-state index in [9.17, 15) is 31.1 Å². The lowest BCUT2D eigenvalue weighted by molar-refractivity contribution is -0.290. The van der Waals surface area contributed by atoms with Gasteiger partial charge in [-0.2, -0.15) is 26.3 Å². The van der Waals surface area contributed by atoms with E-state index in [1.807, 2.05) is 0 Å². The molecule has 0 spiro atoms. The number of hydrogen-bond acceptors (Lipinski definition) is 4. The molecule has 12 heteroatoms. The maximum atomic E-state index is 14.2. The molecule has 2 rings (SSSR count). The van der Waals surface area contributed by atoms with Crippen LogP contribution in [0.25, 0.3) is 5.69 Å². The molecule has 5 nitrogen and oxygen atoms in total. The zero-order chi connectivity index (χ0) is 19.9. The first-order valence-corrected chi connectivity index (χ1v) is 7.86. The summed E-state index contributed by atoms with van der Waals surface area (Å²) in [7, 11) is 0. The molecule has 0 aliphatic carbocycles. The minimum atomic E-state index is -5.79. The molecular formula is C14H13F6N3O2S. The highest BCUT2D eigenvalue weighted by molar-refractivity contribution is 7.10. The maximum absolute atomic E-state index is 14.2. The molecule has 0 bridgehead atoms. The second-order valence-electron chi connectivity index (χ2n) is 5.36. The van der Waals surface area contributed by atoms with Gasteiger partial charge in [0.2, 0.25) is 16.9 Å². The van der Waals surface area contributed by atoms with Crippen molar-refractivity contribution < 1.29 is 35.9 Å². The number of aryl methyl sites for hydroxylation is 1. The Morgan fingerprint density at radius 3 is 2.38 bits per heavy atom. The van der Waals surface area contributed by atoms with E-state index in [0.29, 0.717) is 10.4 Å². The summed E-state index contributed by atoms with van der Waals surface area (Å²) >= 11 is 0.799. The fourth-order valence-electron chi connectivity index (χ4n) is 1.93. The number of hydrogen-bond donors (Lipinski definition) is 1. The second kappa shape index (κ2) is 6.82. The van der Waals surface area contributed by atoms with Gasteiger partial charge in [-0.15, -0.1) is 16.4 Å². The Balaban J connectivity index is 2.39. The number of carbonyl (C=O) groups excluding carboxylic acids is 1. The number of rotatable bonds is 5. The molecule has 0 fully saturated rings. The van der Waals surface area contributed by atoms with Gasteiger partial charge in [0.15, 0.2) is 6.61 Å². The molecule has 0 aromatic carbocycles. The van der Waals surface area contributed by atoms with Crippen LogP contribution in [0.4, 0.5) is 32.2 Å². The van der Waals surface area contributed by atoms with Gasteiger partial charge in [0.25, 0.3) is 0 Å². The molecule has 0 aliphatic heterocycles. The molecule has 2 aromatic rings. The Bertz CT molecular complexity index is 827. The number of nitrogens with zero attached hydrogens (tertiary/aromatic N) is 2. The standard InChI is InChI=1S/C14H13F6N3O2S/c1-6-7(2)26-12(15)11(6)23-9(21-8(3)24)4-10(22-23)25-5-13(16,17)14(18,19)20/h4H,5H2,1-3H3,(H,21,24). The molecule has 1 amide bonds. The van der Waals surface area contributed by atoms with Crippen LogP contribution in [-0.4, -0.2) is 34.4 Å². The van der Waals surface area contributed by atoms with Crippen LogP contribution in [0.3, 0.4) is 0 Å². The summed E-state index contributed by atoms with van der Waals surface area (Å²) in [6, 6.07) is 0.930. The molecule has 1 N–H and O–H groups in total. The van der Waals surface area contributed by atoms with E-state index >= 15 is 0 Å². The highest BCUT2D eigenvalue weighted by atomic mass is 32.1. The van der Waals surface area contributed by atoms with Gasteiger partial charge in [-0.05, 0) is 19.4 Å². The van der Waals surface area contributed by atoms with Crippen LogP contribution in [0.1, 0.15) is 17.4 Å². The Kier molecular flexibility index (Phi) is 5.26. The molecule has 144 valence electrons. The summed E-state index contributed by atoms with van der Waals surface area (Å²) in [5, 5.41) is 5.33. The Hall–Kier alpha value is -2.24. The minimum absolute atomic E-state index is 0.0614. The van der Waals surface area contributed by atoms with Crippen molar-refractivity contribution in [3.8, 4) is 11.6 Å². The van der Waals surface area contributed by atoms with Crippen LogP contribution in [0.2, 0.25) is 0 Å². The van der Waals surface area contributed by atoms with Crippen molar-refractivity contribution in [1.29, 1.82) is 0 Å². The van der Waals surface area contributed by atoms with Gasteiger partial charge in [-0.1, -0.05) is 0 Å². The van der Waals surface area contributed by atoms with Crippen LogP contribution >= 0.6 is 11.3 Å². The molecule has 0 atom stereocenters. The molecule has 0 saturated carbocycles. The van der Waals surface area contributed by atoms with Crippen LogP contribution in [0.5, 0.6) is 5.88 Å². The molecule has 0 saturated heterocycles. The highest BCUT2D eigenvalue weighted by Gasteiger charge is 2.58. The number of amides is 1. The summed E-state index contributed by atoms with van der Waals surface area (Å²) < 4.78 is 82.0. The number of aromatic nitrogens is 2. The first kappa shape index (κ1) is 20.1. The van der Waals surface area contributed by atoms with Crippen molar-refractivity contribution in [2.24, 2.45) is 0 Å². The Labute approximate surface area is 147 Å². The fraction of sp³-hybridized carbons (Fsp3) is 0.429. The Morgan fingerprint density at radius 2 is 1.92 bits per heavy atom. The number of alkyl halides is 5. The topological polar surface area (TPSA) is 56.1 Å². The van der Waals surface area contributed by atoms with Crippen molar-refractivity contribution >= 4 is 23.1 Å². The third kappa shape index (κ3) is 3.94. The van der Waals surface area contributed by atoms with Crippen molar-refractivity contribution in [3.63, 3.8) is 0 Å². The summed E-state index contributed by atoms with van der Waals surface area (Å²) in [5.74, 6) is -6.43. The van der Waals surface area contributed by atoms with Gasteiger partial charge in [-0.3, -0.25) is 4.79 Å². The average Bonchev–Trinajstić information content (AvgIpc) is 2.96. The van der Waals surface area contributed by atoms with E-state index in [2.05, 4.69) is 15.2 Å². The van der Waals surface area contributed by atoms with Gasteiger partial charge < -0.3 is 10.1 Å². The molecule has 26 heavy (non-hydrogen) atoms. The van der Waals surface area contributed by atoms with E-state index in [4.69, 9.17) is 0 Å². The summed E-state index contributed by atoms with van der Waals surface area (Å²) in [4.78, 5) is 11.9. The average molecular weight is 401 g/mol. The lowest BCUT2D eigenvalue weighted by Gasteiger charge is -2.18. The number of thiophene rings is 1. The molecule has 0 aliphatic rings. The van der Waals surface area contributed by atoms with E-state index in [1.54, 1.807) is 13.8 Å². The smallest absolute Gasteiger partial charge is 0.456 e. The van der Waals surface area contributed by atoms with Gasteiger partial charge >= 0.3 is 12.1 Å². The van der Waals surface area contributed by atoms with E-state index < -0.39 is 35.6 Å². The predicted molar refractivity (Wildman–Crippen MR) is 81.7 cm³/mol. The number of nitrogens with one attached hydrogen (secondary N) is 1. The first-order valence-electron chi connectivity index (χ1n) is 7.04. The van der Waals surface area contributed by atoms with Crippen LogP contribution in [0.15, 0.2) is 6.07 Å². The SMILES string of the molecule is CC(=O)Nc1cc(OCC(F)(F)C(F)(F)F)nn1-c1c(F)sc(C)c1C. The van der Waals surface area contributed by atoms with E-state index in [1.165, 1.54) is 0 Å². The summed E-state index contributed by atoms with van der Waals surface area (Å²) in [5.41, 5.74) is 0.406. The molecule has 2 heterocycles. The zero-order valence-corrected chi connectivity index (χ0v) is 14.5.